The molecule has 1 fully saturated rings. The first-order chi connectivity index (χ1) is 40.8. The molecule has 0 bridgehead atoms. The molecule has 83 heavy (non-hydrogen) atoms. The number of allylic oxidation sites excluding steroid dienone is 29. The summed E-state index contributed by atoms with van der Waals surface area (Å²) in [7, 11) is 0. The van der Waals surface area contributed by atoms with Crippen LogP contribution in [0.1, 0.15) is 219 Å². The van der Waals surface area contributed by atoms with Gasteiger partial charge in [-0.05, 0) is 135 Å². The molecule has 1 saturated heterocycles. The number of amides is 1. The van der Waals surface area contributed by atoms with Crippen LogP contribution >= 0.6 is 0 Å². The van der Waals surface area contributed by atoms with Crippen LogP contribution < -0.4 is 5.32 Å². The van der Waals surface area contributed by atoms with Crippen LogP contribution in [0.25, 0.3) is 0 Å². The molecule has 9 nitrogen and oxygen atoms in total. The monoisotopic (exact) mass is 1150 g/mol. The van der Waals surface area contributed by atoms with Crippen LogP contribution in [0.5, 0.6) is 0 Å². The molecular weight excluding hydrogens is 1030 g/mol. The molecule has 6 N–H and O–H groups in total. The van der Waals surface area contributed by atoms with E-state index in [-0.39, 0.29) is 18.9 Å². The Hall–Kier alpha value is -4.71. The van der Waals surface area contributed by atoms with E-state index in [1.165, 1.54) is 70.6 Å². The maximum Gasteiger partial charge on any atom is 0.220 e. The predicted molar refractivity (Wildman–Crippen MR) is 354 cm³/mol. The molecule has 1 aliphatic rings. The van der Waals surface area contributed by atoms with Crippen molar-refractivity contribution in [1.82, 2.24) is 5.32 Å². The lowest BCUT2D eigenvalue weighted by atomic mass is 9.99. The molecule has 7 unspecified atom stereocenters. The van der Waals surface area contributed by atoms with Crippen molar-refractivity contribution in [3.63, 3.8) is 0 Å². The third kappa shape index (κ3) is 49.3. The quantitative estimate of drug-likeness (QED) is 0.0261. The third-order valence-electron chi connectivity index (χ3n) is 13.9. The molecular formula is C74H117NO8. The van der Waals surface area contributed by atoms with E-state index >= 15 is 0 Å². The van der Waals surface area contributed by atoms with Crippen LogP contribution in [-0.2, 0) is 14.3 Å². The lowest BCUT2D eigenvalue weighted by Crippen LogP contribution is -2.60. The highest BCUT2D eigenvalue weighted by atomic mass is 16.7. The first-order valence-electron chi connectivity index (χ1n) is 32.5. The molecule has 0 saturated carbocycles. The van der Waals surface area contributed by atoms with Crippen LogP contribution in [0.2, 0.25) is 0 Å². The smallest absolute Gasteiger partial charge is 0.220 e. The molecule has 7 atom stereocenters. The van der Waals surface area contributed by atoms with Crippen LogP contribution in [0.4, 0.5) is 0 Å². The van der Waals surface area contributed by atoms with Gasteiger partial charge in [0.2, 0.25) is 5.91 Å². The zero-order valence-corrected chi connectivity index (χ0v) is 51.9. The van der Waals surface area contributed by atoms with Crippen LogP contribution in [0.3, 0.4) is 0 Å². The highest BCUT2D eigenvalue weighted by Crippen LogP contribution is 2.23. The second-order valence-corrected chi connectivity index (χ2v) is 21.4. The van der Waals surface area contributed by atoms with Gasteiger partial charge in [-0.15, -0.1) is 0 Å². The van der Waals surface area contributed by atoms with Gasteiger partial charge in [-0.25, -0.2) is 0 Å². The van der Waals surface area contributed by atoms with E-state index in [1.807, 2.05) is 6.08 Å². The molecule has 0 aromatic rings. The van der Waals surface area contributed by atoms with Crippen molar-refractivity contribution >= 4 is 5.91 Å². The van der Waals surface area contributed by atoms with Gasteiger partial charge < -0.3 is 40.3 Å². The number of carbonyl (C=O) groups is 1. The van der Waals surface area contributed by atoms with Gasteiger partial charge in [-0.2, -0.15) is 0 Å². The van der Waals surface area contributed by atoms with Gasteiger partial charge in [0.25, 0.3) is 0 Å². The highest BCUT2D eigenvalue weighted by molar-refractivity contribution is 5.76. The number of unbranched alkanes of at least 4 members (excludes halogenated alkanes) is 15. The normalized spacial score (nSPS) is 19.5. The SMILES string of the molecule is CC/C=C\C/C=C\C/C=C\C/C=C\C/C=C\C/C=C\C/C=C\C/C=C\C/C=C\C/C=C\C/C=C\C/C=C\CCCCC(=O)NC(COC1OC(CO)C(O)C(O)C1O)C(O)/C=C/CC/C=C/CC/C=C/CCCCCCCCCCCCC. The maximum absolute atomic E-state index is 13.1. The number of rotatable bonds is 53. The number of nitrogens with one attached hydrogen (secondary N) is 1. The van der Waals surface area contributed by atoms with E-state index in [4.69, 9.17) is 9.47 Å². The van der Waals surface area contributed by atoms with Crippen LogP contribution in [0.15, 0.2) is 182 Å². The van der Waals surface area contributed by atoms with E-state index in [0.717, 1.165) is 116 Å². The van der Waals surface area contributed by atoms with Gasteiger partial charge >= 0.3 is 0 Å². The minimum Gasteiger partial charge on any atom is -0.394 e. The summed E-state index contributed by atoms with van der Waals surface area (Å²) in [6.07, 6.45) is 91.1. The molecule has 0 spiro atoms. The summed E-state index contributed by atoms with van der Waals surface area (Å²) in [5.74, 6) is -0.240. The predicted octanol–water partition coefficient (Wildman–Crippen LogP) is 17.5. The summed E-state index contributed by atoms with van der Waals surface area (Å²) in [4.78, 5) is 13.1. The van der Waals surface area contributed by atoms with Crippen LogP contribution in [-0.4, -0.2) is 87.5 Å². The first kappa shape index (κ1) is 76.3. The van der Waals surface area contributed by atoms with Gasteiger partial charge in [0.05, 0.1) is 25.4 Å². The Morgan fingerprint density at radius 2 is 0.759 bits per heavy atom. The summed E-state index contributed by atoms with van der Waals surface area (Å²) in [5.41, 5.74) is 0. The van der Waals surface area contributed by atoms with Gasteiger partial charge in [0.15, 0.2) is 6.29 Å². The lowest BCUT2D eigenvalue weighted by molar-refractivity contribution is -0.302. The largest absolute Gasteiger partial charge is 0.394 e. The minimum atomic E-state index is -1.60. The van der Waals surface area contributed by atoms with Gasteiger partial charge in [0, 0.05) is 6.42 Å². The fraction of sp³-hybridized carbons (Fsp3) is 0.581. The zero-order valence-electron chi connectivity index (χ0n) is 51.9. The number of aliphatic hydroxyl groups excluding tert-OH is 5. The summed E-state index contributed by atoms with van der Waals surface area (Å²) in [6, 6.07) is -0.867. The van der Waals surface area contributed by atoms with Gasteiger partial charge in [-0.3, -0.25) is 4.79 Å². The Labute approximate surface area is 506 Å². The molecule has 0 aromatic carbocycles. The average molecular weight is 1150 g/mol. The summed E-state index contributed by atoms with van der Waals surface area (Å²) in [6.45, 7) is 3.61. The summed E-state index contributed by atoms with van der Waals surface area (Å²) >= 11 is 0. The Morgan fingerprint density at radius 3 is 1.16 bits per heavy atom. The summed E-state index contributed by atoms with van der Waals surface area (Å²) in [5, 5.41) is 54.5. The maximum atomic E-state index is 13.1. The van der Waals surface area contributed by atoms with Crippen molar-refractivity contribution in [3.8, 4) is 0 Å². The molecule has 0 radical (unpaired) electrons. The van der Waals surface area contributed by atoms with Crippen molar-refractivity contribution in [2.24, 2.45) is 0 Å². The molecule has 1 amide bonds. The van der Waals surface area contributed by atoms with Crippen molar-refractivity contribution in [3.05, 3.63) is 182 Å². The Balaban J connectivity index is 2.27. The molecule has 0 aromatic heterocycles. The topological polar surface area (TPSA) is 149 Å². The van der Waals surface area contributed by atoms with E-state index in [0.29, 0.717) is 12.8 Å². The van der Waals surface area contributed by atoms with Crippen molar-refractivity contribution in [1.29, 1.82) is 0 Å². The second-order valence-electron chi connectivity index (χ2n) is 21.4. The fourth-order valence-electron chi connectivity index (χ4n) is 8.87. The van der Waals surface area contributed by atoms with Crippen molar-refractivity contribution < 1.29 is 39.8 Å². The molecule has 1 rings (SSSR count). The van der Waals surface area contributed by atoms with E-state index in [1.54, 1.807) is 6.08 Å². The highest BCUT2D eigenvalue weighted by Gasteiger charge is 2.44. The average Bonchev–Trinajstić information content (AvgIpc) is 3.60. The van der Waals surface area contributed by atoms with E-state index in [2.05, 4.69) is 189 Å². The third-order valence-corrected chi connectivity index (χ3v) is 13.9. The standard InChI is InChI=1S/C74H117NO8/c1-3-5-7-9-11-13-15-17-19-21-23-25-26-27-28-29-30-31-32-33-34-35-36-37-38-39-40-41-42-44-46-48-50-52-54-56-58-60-62-64-70(78)75-67(66-82-74-73(81)72(80)71(79)69(65-76)83-74)68(77)63-61-59-57-55-53-51-49-47-45-43-24-22-20-18-16-14-12-10-8-6-4-2/h5,7,11,13,17,19,23,25,27-28,30-31,33-34,36-37,39-40,42,44-45,47-48,50,53-56,61,63,67-69,71-74,76-77,79-81H,3-4,6,8-10,12,14-16,18,20-22,24,26,29,32,35,38,41,43,46,49,51-52,57-60,62,64-66H2,1-2H3,(H,75,78)/b7-5-,13-11-,19-17-,25-23-,28-27-,31-30-,34-33-,37-36-,40-39-,44-42-,47-45+,50-48-,55-53+,56-54-,63-61+. The number of ether oxygens (including phenoxy) is 2. The first-order valence-corrected chi connectivity index (χ1v) is 32.5. The minimum absolute atomic E-state index is 0.236. The zero-order chi connectivity index (χ0) is 60.0. The molecule has 1 aliphatic heterocycles. The van der Waals surface area contributed by atoms with E-state index in [9.17, 15) is 30.3 Å². The lowest BCUT2D eigenvalue weighted by Gasteiger charge is -2.40. The number of carbonyl (C=O) groups excluding carboxylic acids is 1. The van der Waals surface area contributed by atoms with E-state index < -0.39 is 49.5 Å². The number of aliphatic hydroxyl groups is 5. The Morgan fingerprint density at radius 1 is 0.422 bits per heavy atom. The Bertz CT molecular complexity index is 1960. The molecule has 0 aliphatic carbocycles. The van der Waals surface area contributed by atoms with Gasteiger partial charge in [0.1, 0.15) is 24.4 Å². The van der Waals surface area contributed by atoms with Crippen molar-refractivity contribution in [2.75, 3.05) is 13.2 Å². The second kappa shape index (κ2) is 60.4. The molecule has 9 heteroatoms. The fourth-order valence-corrected chi connectivity index (χ4v) is 8.87. The molecule has 466 valence electrons. The molecule has 1 heterocycles. The van der Waals surface area contributed by atoms with Gasteiger partial charge in [-0.1, -0.05) is 260 Å². The summed E-state index contributed by atoms with van der Waals surface area (Å²) < 4.78 is 11.2. The van der Waals surface area contributed by atoms with Crippen LogP contribution in [0, 0.1) is 0 Å². The number of hydrogen-bond acceptors (Lipinski definition) is 8. The van der Waals surface area contributed by atoms with Crippen molar-refractivity contribution in [2.45, 2.75) is 262 Å². The number of hydrogen-bond donors (Lipinski definition) is 6. The Kier molecular flexibility index (Phi) is 55.5.